The van der Waals surface area contributed by atoms with Crippen LogP contribution in [-0.2, 0) is 11.2 Å². The fourth-order valence-corrected chi connectivity index (χ4v) is 2.27. The Kier molecular flexibility index (Phi) is 8.36. The van der Waals surface area contributed by atoms with Gasteiger partial charge in [0.25, 0.3) is 0 Å². The quantitative estimate of drug-likeness (QED) is 0.719. The van der Waals surface area contributed by atoms with E-state index in [1.165, 1.54) is 0 Å². The van der Waals surface area contributed by atoms with Gasteiger partial charge in [0.2, 0.25) is 5.91 Å². The van der Waals surface area contributed by atoms with Crippen molar-refractivity contribution in [1.82, 2.24) is 10.2 Å². The van der Waals surface area contributed by atoms with E-state index in [9.17, 15) is 4.79 Å². The minimum Gasteiger partial charge on any atom is -0.493 e. The average Bonchev–Trinajstić information content (AvgIpc) is 2.55. The van der Waals surface area contributed by atoms with Crippen LogP contribution in [0.5, 0.6) is 11.5 Å². The molecule has 0 aliphatic heterocycles. The Morgan fingerprint density at radius 3 is 2.41 bits per heavy atom. The molecule has 0 aliphatic rings. The maximum Gasteiger partial charge on any atom is 0.221 e. The molecule has 0 aromatic heterocycles. The van der Waals surface area contributed by atoms with Crippen LogP contribution in [-0.4, -0.2) is 51.2 Å². The van der Waals surface area contributed by atoms with Crippen molar-refractivity contribution in [3.63, 3.8) is 0 Å². The van der Waals surface area contributed by atoms with Crippen LogP contribution in [0.25, 0.3) is 0 Å². The second-order valence-electron chi connectivity index (χ2n) is 5.07. The van der Waals surface area contributed by atoms with Crippen molar-refractivity contribution in [2.45, 2.75) is 26.7 Å². The van der Waals surface area contributed by atoms with E-state index in [1.54, 1.807) is 14.2 Å². The average molecular weight is 308 g/mol. The number of carbonyl (C=O) groups excluding carboxylic acids is 1. The second-order valence-corrected chi connectivity index (χ2v) is 5.07. The van der Waals surface area contributed by atoms with Crippen molar-refractivity contribution < 1.29 is 14.3 Å². The number of methoxy groups -OCH3 is 2. The predicted octanol–water partition coefficient (Wildman–Crippen LogP) is 2.09. The van der Waals surface area contributed by atoms with Crippen LogP contribution in [0.15, 0.2) is 18.2 Å². The molecule has 124 valence electrons. The maximum absolute atomic E-state index is 11.8. The molecule has 1 amide bonds. The highest BCUT2D eigenvalue weighted by Crippen LogP contribution is 2.27. The van der Waals surface area contributed by atoms with Crippen LogP contribution < -0.4 is 14.8 Å². The van der Waals surface area contributed by atoms with Gasteiger partial charge in [-0.3, -0.25) is 4.79 Å². The van der Waals surface area contributed by atoms with Gasteiger partial charge in [-0.05, 0) is 37.2 Å². The zero-order chi connectivity index (χ0) is 16.4. The van der Waals surface area contributed by atoms with Gasteiger partial charge < -0.3 is 19.7 Å². The van der Waals surface area contributed by atoms with Crippen molar-refractivity contribution in [1.29, 1.82) is 0 Å². The van der Waals surface area contributed by atoms with Crippen molar-refractivity contribution in [2.75, 3.05) is 40.4 Å². The van der Waals surface area contributed by atoms with E-state index in [2.05, 4.69) is 24.1 Å². The molecule has 1 N–H and O–H groups in total. The van der Waals surface area contributed by atoms with Crippen molar-refractivity contribution in [3.05, 3.63) is 23.8 Å². The third-order valence-electron chi connectivity index (χ3n) is 3.73. The first-order valence-electron chi connectivity index (χ1n) is 7.84. The number of carbonyl (C=O) groups is 1. The minimum atomic E-state index is 0.104. The number of ether oxygens (including phenoxy) is 2. The Bertz CT molecular complexity index is 459. The summed E-state index contributed by atoms with van der Waals surface area (Å²) in [5.74, 6) is 1.54. The molecule has 1 aromatic rings. The Labute approximate surface area is 133 Å². The van der Waals surface area contributed by atoms with Gasteiger partial charge in [-0.2, -0.15) is 0 Å². The second kappa shape index (κ2) is 10.1. The molecular weight excluding hydrogens is 280 g/mol. The molecule has 0 unspecified atom stereocenters. The molecule has 5 nitrogen and oxygen atoms in total. The van der Waals surface area contributed by atoms with Gasteiger partial charge >= 0.3 is 0 Å². The molecule has 0 saturated heterocycles. The van der Waals surface area contributed by atoms with E-state index in [4.69, 9.17) is 9.47 Å². The molecule has 0 atom stereocenters. The van der Waals surface area contributed by atoms with Crippen LogP contribution in [0.3, 0.4) is 0 Å². The first kappa shape index (κ1) is 18.3. The molecule has 1 rings (SSSR count). The molecule has 5 heteroatoms. The van der Waals surface area contributed by atoms with Crippen molar-refractivity contribution in [3.8, 4) is 11.5 Å². The van der Waals surface area contributed by atoms with E-state index in [0.29, 0.717) is 18.7 Å². The van der Waals surface area contributed by atoms with Gasteiger partial charge in [-0.1, -0.05) is 19.9 Å². The lowest BCUT2D eigenvalue weighted by atomic mass is 10.1. The Balaban J connectivity index is 2.36. The van der Waals surface area contributed by atoms with Gasteiger partial charge in [-0.15, -0.1) is 0 Å². The lowest BCUT2D eigenvalue weighted by Gasteiger charge is -2.17. The molecule has 0 heterocycles. The predicted molar refractivity (Wildman–Crippen MR) is 88.7 cm³/mol. The summed E-state index contributed by atoms with van der Waals surface area (Å²) in [5.41, 5.74) is 1.11. The zero-order valence-corrected chi connectivity index (χ0v) is 14.1. The molecule has 22 heavy (non-hydrogen) atoms. The lowest BCUT2D eigenvalue weighted by molar-refractivity contribution is -0.121. The molecule has 0 radical (unpaired) electrons. The summed E-state index contributed by atoms with van der Waals surface area (Å²) in [6.45, 7) is 7.63. The minimum absolute atomic E-state index is 0.104. The highest BCUT2D eigenvalue weighted by atomic mass is 16.5. The Morgan fingerprint density at radius 1 is 1.14 bits per heavy atom. The van der Waals surface area contributed by atoms with Crippen LogP contribution in [0.1, 0.15) is 25.8 Å². The highest BCUT2D eigenvalue weighted by Gasteiger charge is 2.07. The van der Waals surface area contributed by atoms with E-state index in [-0.39, 0.29) is 5.91 Å². The van der Waals surface area contributed by atoms with Gasteiger partial charge in [-0.25, -0.2) is 0 Å². The van der Waals surface area contributed by atoms with Crippen LogP contribution in [0.4, 0.5) is 0 Å². The van der Waals surface area contributed by atoms with E-state index < -0.39 is 0 Å². The monoisotopic (exact) mass is 308 g/mol. The third-order valence-corrected chi connectivity index (χ3v) is 3.73. The van der Waals surface area contributed by atoms with Gasteiger partial charge in [0.15, 0.2) is 11.5 Å². The largest absolute Gasteiger partial charge is 0.493 e. The maximum atomic E-state index is 11.8. The normalized spacial score (nSPS) is 10.6. The first-order valence-corrected chi connectivity index (χ1v) is 7.84. The van der Waals surface area contributed by atoms with Crippen LogP contribution >= 0.6 is 0 Å². The van der Waals surface area contributed by atoms with Crippen molar-refractivity contribution in [2.24, 2.45) is 0 Å². The van der Waals surface area contributed by atoms with E-state index >= 15 is 0 Å². The van der Waals surface area contributed by atoms with Crippen LogP contribution in [0.2, 0.25) is 0 Å². The molecule has 0 aliphatic carbocycles. The van der Waals surface area contributed by atoms with E-state index in [0.717, 1.165) is 37.4 Å². The van der Waals surface area contributed by atoms with Crippen molar-refractivity contribution >= 4 is 5.91 Å². The number of amides is 1. The number of rotatable bonds is 10. The zero-order valence-electron chi connectivity index (χ0n) is 14.1. The Morgan fingerprint density at radius 2 is 1.82 bits per heavy atom. The summed E-state index contributed by atoms with van der Waals surface area (Å²) < 4.78 is 10.5. The summed E-state index contributed by atoms with van der Waals surface area (Å²) in [6.07, 6.45) is 1.32. The smallest absolute Gasteiger partial charge is 0.221 e. The fraction of sp³-hybridized carbons (Fsp3) is 0.588. The van der Waals surface area contributed by atoms with Gasteiger partial charge in [0.05, 0.1) is 14.2 Å². The van der Waals surface area contributed by atoms with E-state index in [1.807, 2.05) is 18.2 Å². The lowest BCUT2D eigenvalue weighted by Crippen LogP contribution is -2.31. The summed E-state index contributed by atoms with van der Waals surface area (Å²) in [6, 6.07) is 5.82. The fourth-order valence-electron chi connectivity index (χ4n) is 2.27. The molecule has 0 bridgehead atoms. The summed E-state index contributed by atoms with van der Waals surface area (Å²) in [5, 5.41) is 2.96. The first-order chi connectivity index (χ1) is 10.6. The Hall–Kier alpha value is -1.75. The molecule has 0 fully saturated rings. The molecule has 0 saturated carbocycles. The molecular formula is C17H28N2O3. The topological polar surface area (TPSA) is 50.8 Å². The molecule has 1 aromatic carbocycles. The number of nitrogens with zero attached hydrogens (tertiary/aromatic N) is 1. The standard InChI is InChI=1S/C17H28N2O3/c1-5-19(6-2)12-10-17(20)18-11-9-14-7-8-15(21-3)16(13-14)22-4/h7-8,13H,5-6,9-12H2,1-4H3,(H,18,20). The van der Waals surface area contributed by atoms with Gasteiger partial charge in [0, 0.05) is 19.5 Å². The number of hydrogen-bond donors (Lipinski definition) is 1. The summed E-state index contributed by atoms with van der Waals surface area (Å²) in [7, 11) is 3.24. The van der Waals surface area contributed by atoms with Crippen LogP contribution in [0, 0.1) is 0 Å². The number of hydrogen-bond acceptors (Lipinski definition) is 4. The van der Waals surface area contributed by atoms with Gasteiger partial charge in [0.1, 0.15) is 0 Å². The highest BCUT2D eigenvalue weighted by molar-refractivity contribution is 5.76. The molecule has 0 spiro atoms. The number of benzene rings is 1. The summed E-state index contributed by atoms with van der Waals surface area (Å²) in [4.78, 5) is 14.1. The third kappa shape index (κ3) is 5.93. The SMILES string of the molecule is CCN(CC)CCC(=O)NCCc1ccc(OC)c(OC)c1. The number of nitrogens with one attached hydrogen (secondary N) is 1. The summed E-state index contributed by atoms with van der Waals surface area (Å²) >= 11 is 0.